The summed E-state index contributed by atoms with van der Waals surface area (Å²) in [6, 6.07) is 7.05. The van der Waals surface area contributed by atoms with Crippen molar-refractivity contribution in [2.75, 3.05) is 10.7 Å². The molecule has 1 amide bonds. The summed E-state index contributed by atoms with van der Waals surface area (Å²) in [5, 5.41) is 1.19. The summed E-state index contributed by atoms with van der Waals surface area (Å²) in [5.74, 6) is -0.197. The quantitative estimate of drug-likeness (QED) is 0.817. The second-order valence-electron chi connectivity index (χ2n) is 4.40. The van der Waals surface area contributed by atoms with Crippen molar-refractivity contribution < 1.29 is 13.2 Å². The second kappa shape index (κ2) is 4.57. The van der Waals surface area contributed by atoms with Crippen molar-refractivity contribution in [3.8, 4) is 0 Å². The minimum Gasteiger partial charge on any atom is -0.304 e. The van der Waals surface area contributed by atoms with Crippen LogP contribution in [-0.2, 0) is 14.6 Å². The van der Waals surface area contributed by atoms with Gasteiger partial charge in [0.15, 0.2) is 9.84 Å². The molecule has 96 valence electrons. The summed E-state index contributed by atoms with van der Waals surface area (Å²) in [5.41, 5.74) is 1.71. The van der Waals surface area contributed by atoms with E-state index in [-0.39, 0.29) is 11.7 Å². The van der Waals surface area contributed by atoms with Gasteiger partial charge in [-0.15, -0.1) is 0 Å². The number of amides is 1. The van der Waals surface area contributed by atoms with Gasteiger partial charge in [0.25, 0.3) is 0 Å². The number of anilines is 1. The highest BCUT2D eigenvalue weighted by Crippen LogP contribution is 2.25. The number of carbonyl (C=O) groups excluding carboxylic acids is 1. The Bertz CT molecular complexity index is 604. The highest BCUT2D eigenvalue weighted by atomic mass is 32.2. The molecular formula is C13H15NO3S. The lowest BCUT2D eigenvalue weighted by atomic mass is 10.1. The van der Waals surface area contributed by atoms with Gasteiger partial charge in [-0.05, 0) is 24.6 Å². The molecule has 0 aliphatic carbocycles. The lowest BCUT2D eigenvalue weighted by Crippen LogP contribution is -2.40. The lowest BCUT2D eigenvalue weighted by molar-refractivity contribution is -0.116. The van der Waals surface area contributed by atoms with E-state index in [1.807, 2.05) is 31.2 Å². The fraction of sp³-hybridized carbons (Fsp3) is 0.308. The molecule has 1 atom stereocenters. The predicted molar refractivity (Wildman–Crippen MR) is 71.1 cm³/mol. The first-order valence-electron chi connectivity index (χ1n) is 5.67. The van der Waals surface area contributed by atoms with E-state index in [1.165, 1.54) is 17.2 Å². The number of benzene rings is 1. The second-order valence-corrected chi connectivity index (χ2v) is 6.33. The van der Waals surface area contributed by atoms with E-state index < -0.39 is 15.9 Å². The third kappa shape index (κ3) is 2.46. The first-order chi connectivity index (χ1) is 8.41. The molecule has 0 spiro atoms. The van der Waals surface area contributed by atoms with Crippen molar-refractivity contribution in [3.05, 3.63) is 41.3 Å². The van der Waals surface area contributed by atoms with E-state index >= 15 is 0 Å². The largest absolute Gasteiger partial charge is 0.304 e. The molecule has 0 radical (unpaired) electrons. The summed E-state index contributed by atoms with van der Waals surface area (Å²) < 4.78 is 22.9. The van der Waals surface area contributed by atoms with Crippen molar-refractivity contribution in [2.24, 2.45) is 0 Å². The molecule has 0 aromatic heterocycles. The Hall–Kier alpha value is -1.62. The monoisotopic (exact) mass is 265 g/mol. The van der Waals surface area contributed by atoms with Gasteiger partial charge in [-0.3, -0.25) is 4.79 Å². The number of sulfone groups is 1. The van der Waals surface area contributed by atoms with Crippen molar-refractivity contribution in [1.82, 2.24) is 0 Å². The zero-order valence-electron chi connectivity index (χ0n) is 10.3. The van der Waals surface area contributed by atoms with Crippen LogP contribution in [0.3, 0.4) is 0 Å². The number of para-hydroxylation sites is 1. The molecule has 18 heavy (non-hydrogen) atoms. The van der Waals surface area contributed by atoms with Gasteiger partial charge in [0, 0.05) is 18.0 Å². The molecule has 0 unspecified atom stereocenters. The highest BCUT2D eigenvalue weighted by molar-refractivity contribution is 7.94. The fourth-order valence-electron chi connectivity index (χ4n) is 2.14. The molecule has 0 saturated carbocycles. The van der Waals surface area contributed by atoms with Crippen LogP contribution in [0.2, 0.25) is 0 Å². The van der Waals surface area contributed by atoms with E-state index in [1.54, 1.807) is 6.08 Å². The Morgan fingerprint density at radius 2 is 2.00 bits per heavy atom. The first-order valence-corrected chi connectivity index (χ1v) is 7.38. The SMILES string of the molecule is CC(=O)N(c1ccccc1C)[C@H]1C=CS(=O)(=O)C1. The Balaban J connectivity index is 2.40. The molecule has 5 heteroatoms. The van der Waals surface area contributed by atoms with Gasteiger partial charge in [-0.2, -0.15) is 0 Å². The maximum absolute atomic E-state index is 11.8. The van der Waals surface area contributed by atoms with Crippen molar-refractivity contribution in [3.63, 3.8) is 0 Å². The Morgan fingerprint density at radius 3 is 2.50 bits per heavy atom. The number of hydrogen-bond donors (Lipinski definition) is 0. The molecule has 1 aromatic carbocycles. The summed E-state index contributed by atoms with van der Waals surface area (Å²) in [7, 11) is -3.17. The highest BCUT2D eigenvalue weighted by Gasteiger charge is 2.30. The number of hydrogen-bond acceptors (Lipinski definition) is 3. The van der Waals surface area contributed by atoms with E-state index in [4.69, 9.17) is 0 Å². The van der Waals surface area contributed by atoms with Gasteiger partial charge in [0.2, 0.25) is 5.91 Å². The summed E-state index contributed by atoms with van der Waals surface area (Å²) in [6.45, 7) is 3.35. The third-order valence-electron chi connectivity index (χ3n) is 2.96. The van der Waals surface area contributed by atoms with Crippen LogP contribution in [-0.4, -0.2) is 26.1 Å². The molecule has 1 aliphatic rings. The fourth-order valence-corrected chi connectivity index (χ4v) is 3.40. The van der Waals surface area contributed by atoms with Crippen LogP contribution in [0.1, 0.15) is 12.5 Å². The van der Waals surface area contributed by atoms with Crippen LogP contribution in [0.25, 0.3) is 0 Å². The first kappa shape index (κ1) is 12.8. The maximum Gasteiger partial charge on any atom is 0.224 e. The molecule has 4 nitrogen and oxygen atoms in total. The topological polar surface area (TPSA) is 54.5 Å². The van der Waals surface area contributed by atoms with Crippen molar-refractivity contribution in [1.29, 1.82) is 0 Å². The molecule has 1 heterocycles. The molecule has 0 N–H and O–H groups in total. The van der Waals surface area contributed by atoms with E-state index in [2.05, 4.69) is 0 Å². The molecular weight excluding hydrogens is 250 g/mol. The number of rotatable bonds is 2. The number of carbonyl (C=O) groups is 1. The normalized spacial score (nSPS) is 20.9. The van der Waals surface area contributed by atoms with Crippen molar-refractivity contribution in [2.45, 2.75) is 19.9 Å². The average Bonchev–Trinajstić information content (AvgIpc) is 2.61. The van der Waals surface area contributed by atoms with Crippen LogP contribution >= 0.6 is 0 Å². The number of aryl methyl sites for hydroxylation is 1. The Morgan fingerprint density at radius 1 is 1.33 bits per heavy atom. The van der Waals surface area contributed by atoms with Gasteiger partial charge < -0.3 is 4.90 Å². The van der Waals surface area contributed by atoms with Gasteiger partial charge in [0.05, 0.1) is 11.8 Å². The molecule has 0 saturated heterocycles. The average molecular weight is 265 g/mol. The third-order valence-corrected chi connectivity index (χ3v) is 4.33. The van der Waals surface area contributed by atoms with Gasteiger partial charge in [-0.25, -0.2) is 8.42 Å². The van der Waals surface area contributed by atoms with Gasteiger partial charge in [-0.1, -0.05) is 18.2 Å². The maximum atomic E-state index is 11.8. The van der Waals surface area contributed by atoms with Gasteiger partial charge >= 0.3 is 0 Å². The molecule has 2 rings (SSSR count). The minimum absolute atomic E-state index is 0.0408. The molecule has 0 fully saturated rings. The molecule has 1 aliphatic heterocycles. The minimum atomic E-state index is -3.17. The number of nitrogens with zero attached hydrogens (tertiary/aromatic N) is 1. The standard InChI is InChI=1S/C13H15NO3S/c1-10-5-3-4-6-13(10)14(11(2)15)12-7-8-18(16,17)9-12/h3-8,12H,9H2,1-2H3/t12-/m0/s1. The van der Waals surface area contributed by atoms with Gasteiger partial charge in [0.1, 0.15) is 0 Å². The van der Waals surface area contributed by atoms with Crippen LogP contribution in [0, 0.1) is 6.92 Å². The summed E-state index contributed by atoms with van der Waals surface area (Å²) >= 11 is 0. The van der Waals surface area contributed by atoms with Crippen LogP contribution in [0.5, 0.6) is 0 Å². The predicted octanol–water partition coefficient (Wildman–Crippen LogP) is 1.66. The van der Waals surface area contributed by atoms with E-state index in [9.17, 15) is 13.2 Å². The van der Waals surface area contributed by atoms with Crippen molar-refractivity contribution >= 4 is 21.4 Å². The molecule has 0 bridgehead atoms. The summed E-state index contributed by atoms with van der Waals surface area (Å²) in [6.07, 6.45) is 1.57. The van der Waals surface area contributed by atoms with E-state index in [0.29, 0.717) is 0 Å². The smallest absolute Gasteiger partial charge is 0.224 e. The zero-order valence-corrected chi connectivity index (χ0v) is 11.1. The molecule has 1 aromatic rings. The van der Waals surface area contributed by atoms with Crippen LogP contribution in [0.4, 0.5) is 5.69 Å². The van der Waals surface area contributed by atoms with Crippen LogP contribution < -0.4 is 4.90 Å². The van der Waals surface area contributed by atoms with Crippen LogP contribution in [0.15, 0.2) is 35.7 Å². The lowest BCUT2D eigenvalue weighted by Gasteiger charge is -2.27. The summed E-state index contributed by atoms with van der Waals surface area (Å²) in [4.78, 5) is 13.3. The van der Waals surface area contributed by atoms with E-state index in [0.717, 1.165) is 11.3 Å². The Kier molecular flexibility index (Phi) is 3.26. The zero-order chi connectivity index (χ0) is 13.3. The Labute approximate surface area is 107 Å².